The van der Waals surface area contributed by atoms with Gasteiger partial charge in [-0.05, 0) is 35.8 Å². The van der Waals surface area contributed by atoms with Gasteiger partial charge in [0.25, 0.3) is 0 Å². The first-order valence-electron chi connectivity index (χ1n) is 18.0. The number of hydrogen-bond acceptors (Lipinski definition) is 10. The van der Waals surface area contributed by atoms with Crippen LogP contribution in [0.5, 0.6) is 0 Å². The molecule has 0 fully saturated rings. The summed E-state index contributed by atoms with van der Waals surface area (Å²) in [5, 5.41) is 11.3. The number of nitrogens with one attached hydrogen (secondary N) is 4. The summed E-state index contributed by atoms with van der Waals surface area (Å²) in [4.78, 5) is 85.5. The molecule has 0 saturated heterocycles. The first kappa shape index (κ1) is 42.8. The average molecular weight is 747 g/mol. The van der Waals surface area contributed by atoms with Crippen molar-refractivity contribution >= 4 is 35.6 Å². The van der Waals surface area contributed by atoms with E-state index in [1.807, 2.05) is 88.4 Å². The molecule has 0 unspecified atom stereocenters. The van der Waals surface area contributed by atoms with Crippen molar-refractivity contribution in [3.05, 3.63) is 95.6 Å². The average Bonchev–Trinajstić information content (AvgIpc) is 3.16. The van der Waals surface area contributed by atoms with Crippen LogP contribution in [-0.4, -0.2) is 97.8 Å². The largest absolute Gasteiger partial charge is 0.464 e. The van der Waals surface area contributed by atoms with Gasteiger partial charge in [0.2, 0.25) is 23.6 Å². The van der Waals surface area contributed by atoms with Gasteiger partial charge in [-0.25, -0.2) is 9.59 Å². The molecule has 292 valence electrons. The fraction of sp³-hybridized carbons (Fsp3) is 0.450. The molecule has 0 spiro atoms. The number of rotatable bonds is 10. The number of nitrogens with zero attached hydrogens (tertiary/aromatic N) is 2. The molecule has 54 heavy (non-hydrogen) atoms. The normalized spacial score (nSPS) is 22.7. The van der Waals surface area contributed by atoms with Crippen LogP contribution in [0.1, 0.15) is 51.7 Å². The molecule has 1 heterocycles. The quantitative estimate of drug-likeness (QED) is 0.265. The Morgan fingerprint density at radius 2 is 0.944 bits per heavy atom. The number of likely N-dealkylation sites (N-methyl/N-ethyl adjacent to an activating group) is 2. The summed E-state index contributed by atoms with van der Waals surface area (Å²) in [7, 11) is 5.29. The number of carbonyl (C=O) groups excluding carboxylic acids is 6. The minimum absolute atomic E-state index is 0.0543. The summed E-state index contributed by atoms with van der Waals surface area (Å²) in [6.45, 7) is 7.58. The molecule has 4 amide bonds. The fourth-order valence-electron chi connectivity index (χ4n) is 6.02. The molecule has 2 aromatic rings. The van der Waals surface area contributed by atoms with E-state index in [2.05, 4.69) is 21.3 Å². The zero-order valence-electron chi connectivity index (χ0n) is 32.4. The van der Waals surface area contributed by atoms with Gasteiger partial charge in [-0.3, -0.25) is 19.2 Å². The summed E-state index contributed by atoms with van der Waals surface area (Å²) in [6, 6.07) is 14.1. The highest BCUT2D eigenvalue weighted by atomic mass is 16.5. The van der Waals surface area contributed by atoms with Crippen LogP contribution in [0.4, 0.5) is 0 Å². The lowest BCUT2D eigenvalue weighted by molar-refractivity contribution is -0.142. The molecule has 0 saturated carbocycles. The van der Waals surface area contributed by atoms with Gasteiger partial charge >= 0.3 is 11.9 Å². The van der Waals surface area contributed by atoms with Crippen LogP contribution in [0.2, 0.25) is 0 Å². The number of carbonyl (C=O) groups is 6. The van der Waals surface area contributed by atoms with Crippen molar-refractivity contribution in [2.24, 2.45) is 11.8 Å². The van der Waals surface area contributed by atoms with E-state index >= 15 is 0 Å². The molecule has 14 nitrogen and oxygen atoms in total. The Morgan fingerprint density at radius 3 is 1.24 bits per heavy atom. The Hall–Kier alpha value is -5.66. The minimum atomic E-state index is -1.06. The number of benzene rings is 2. The van der Waals surface area contributed by atoms with Crippen molar-refractivity contribution in [2.45, 2.75) is 77.5 Å². The number of ether oxygens (including phenoxy) is 2. The number of methoxy groups -OCH3 is 2. The summed E-state index contributed by atoms with van der Waals surface area (Å²) >= 11 is 0. The molecule has 14 heteroatoms. The zero-order chi connectivity index (χ0) is 39.9. The Labute approximate surface area is 317 Å². The Bertz CT molecular complexity index is 1550. The van der Waals surface area contributed by atoms with E-state index in [4.69, 9.17) is 9.47 Å². The van der Waals surface area contributed by atoms with E-state index in [1.54, 1.807) is 0 Å². The van der Waals surface area contributed by atoms with Gasteiger partial charge < -0.3 is 40.5 Å². The van der Waals surface area contributed by atoms with Crippen LogP contribution < -0.4 is 21.3 Å². The highest BCUT2D eigenvalue weighted by molar-refractivity contribution is 5.98. The Morgan fingerprint density at radius 1 is 0.611 bits per heavy atom. The van der Waals surface area contributed by atoms with Crippen LogP contribution in [0.15, 0.2) is 84.5 Å². The van der Waals surface area contributed by atoms with Gasteiger partial charge in [0.1, 0.15) is 35.6 Å². The molecule has 0 bridgehead atoms. The first-order chi connectivity index (χ1) is 25.7. The topological polar surface area (TPSA) is 175 Å². The highest BCUT2D eigenvalue weighted by Crippen LogP contribution is 2.18. The standard InChI is InChI=1S/C40H54N6O8/c1-25(2)19-33-35(47)43-31(39(51)53-7)23-42-30(22-28-17-13-10-14-18-28)38(50)46(6)34(20-26(3)4)36(48)44-32(40(52)54-8)24-41-29(37(49)45(33)5)21-27-15-11-9-12-16-27/h9-18,23-26,29-30,33-34,41-42H,19-22H2,1-8H3,(H,43,47)(H,44,48)/b31-23-,32-24-/t29-,30-,33-,34-/m0/s1. The minimum Gasteiger partial charge on any atom is -0.464 e. The van der Waals surface area contributed by atoms with Crippen molar-refractivity contribution in [1.29, 1.82) is 0 Å². The lowest BCUT2D eigenvalue weighted by atomic mass is 9.99. The van der Waals surface area contributed by atoms with Crippen LogP contribution in [0.25, 0.3) is 0 Å². The third-order valence-corrected chi connectivity index (χ3v) is 8.97. The van der Waals surface area contributed by atoms with E-state index in [9.17, 15) is 28.8 Å². The second-order valence-corrected chi connectivity index (χ2v) is 14.1. The molecule has 1 aliphatic heterocycles. The fourth-order valence-corrected chi connectivity index (χ4v) is 6.02. The lowest BCUT2D eigenvalue weighted by Gasteiger charge is -2.33. The summed E-state index contributed by atoms with van der Waals surface area (Å²) in [5.41, 5.74) is 0.996. The lowest BCUT2D eigenvalue weighted by Crippen LogP contribution is -2.55. The molecule has 0 radical (unpaired) electrons. The highest BCUT2D eigenvalue weighted by Gasteiger charge is 2.36. The Balaban J connectivity index is 2.24. The third kappa shape index (κ3) is 12.2. The first-order valence-corrected chi connectivity index (χ1v) is 18.0. The Kier molecular flexibility index (Phi) is 16.3. The van der Waals surface area contributed by atoms with Crippen molar-refractivity contribution in [3.63, 3.8) is 0 Å². The van der Waals surface area contributed by atoms with Gasteiger partial charge in [-0.15, -0.1) is 0 Å². The number of amides is 4. The smallest absolute Gasteiger partial charge is 0.356 e. The molecule has 3 rings (SSSR count). The van der Waals surface area contributed by atoms with Crippen molar-refractivity contribution in [2.75, 3.05) is 28.3 Å². The van der Waals surface area contributed by atoms with Crippen LogP contribution in [0.3, 0.4) is 0 Å². The maximum absolute atomic E-state index is 14.3. The second kappa shape index (κ2) is 20.5. The van der Waals surface area contributed by atoms with Gasteiger partial charge in [-0.1, -0.05) is 88.4 Å². The van der Waals surface area contributed by atoms with Crippen molar-refractivity contribution < 1.29 is 38.2 Å². The summed E-state index contributed by atoms with van der Waals surface area (Å²) < 4.78 is 9.98. The van der Waals surface area contributed by atoms with E-state index in [-0.39, 0.29) is 48.9 Å². The van der Waals surface area contributed by atoms with Gasteiger partial charge in [0.05, 0.1) is 14.2 Å². The molecule has 0 aromatic heterocycles. The SMILES string of the molecule is COC(=O)/C1=C/N[C@@H](Cc2ccccc2)C(=O)N(C)[C@@H](CC(C)C)C(=O)N/C(C(=O)OC)=C\N[C@@H](Cc2ccccc2)C(=O)N(C)[C@@H](CC(C)C)C(=O)N1. The maximum Gasteiger partial charge on any atom is 0.356 e. The van der Waals surface area contributed by atoms with Gasteiger partial charge in [0.15, 0.2) is 0 Å². The molecule has 2 aromatic carbocycles. The molecule has 1 aliphatic rings. The maximum atomic E-state index is 14.3. The van der Waals surface area contributed by atoms with Crippen molar-refractivity contribution in [1.82, 2.24) is 31.1 Å². The van der Waals surface area contributed by atoms with E-state index in [0.717, 1.165) is 25.3 Å². The van der Waals surface area contributed by atoms with E-state index in [0.29, 0.717) is 0 Å². The molecular weight excluding hydrogens is 692 g/mol. The van der Waals surface area contributed by atoms with Crippen LogP contribution in [0, 0.1) is 11.8 Å². The van der Waals surface area contributed by atoms with Gasteiger partial charge in [-0.2, -0.15) is 0 Å². The predicted octanol–water partition coefficient (Wildman–Crippen LogP) is 2.41. The van der Waals surface area contributed by atoms with E-state index < -0.39 is 59.7 Å². The molecule has 4 N–H and O–H groups in total. The monoisotopic (exact) mass is 746 g/mol. The van der Waals surface area contributed by atoms with Crippen LogP contribution in [-0.2, 0) is 51.1 Å². The molecule has 4 atom stereocenters. The van der Waals surface area contributed by atoms with Gasteiger partial charge in [0, 0.05) is 39.3 Å². The van der Waals surface area contributed by atoms with Crippen LogP contribution >= 0.6 is 0 Å². The van der Waals surface area contributed by atoms with Crippen molar-refractivity contribution in [3.8, 4) is 0 Å². The molecule has 0 aliphatic carbocycles. The number of hydrogen-bond donors (Lipinski definition) is 4. The predicted molar refractivity (Wildman–Crippen MR) is 203 cm³/mol. The summed E-state index contributed by atoms with van der Waals surface area (Å²) in [6.07, 6.45) is 3.15. The second-order valence-electron chi connectivity index (χ2n) is 14.1. The molecular formula is C40H54N6O8. The zero-order valence-corrected chi connectivity index (χ0v) is 32.4. The number of esters is 2. The summed E-state index contributed by atoms with van der Waals surface area (Å²) in [5.74, 6) is -4.19. The third-order valence-electron chi connectivity index (χ3n) is 8.97. The van der Waals surface area contributed by atoms with E-state index in [1.165, 1.54) is 36.3 Å².